The van der Waals surface area contributed by atoms with Crippen LogP contribution in [0.5, 0.6) is 0 Å². The zero-order chi connectivity index (χ0) is 15.9. The van der Waals surface area contributed by atoms with Crippen LogP contribution >= 0.6 is 0 Å². The molecule has 0 atom stereocenters. The molecule has 0 spiro atoms. The predicted molar refractivity (Wildman–Crippen MR) is 87.8 cm³/mol. The van der Waals surface area contributed by atoms with Gasteiger partial charge < -0.3 is 15.3 Å². The van der Waals surface area contributed by atoms with E-state index in [0.29, 0.717) is 12.1 Å². The third kappa shape index (κ3) is 2.67. The fourth-order valence-corrected chi connectivity index (χ4v) is 3.42. The standard InChI is InChI=1S/C17H22N4O2/c22-16(18-12-17(23)5-3-6-17)14-11-19-21-9-4-13(10-15(14)21)20-7-1-2-8-20/h4,9-11,23H,1-3,5-8,12H2,(H,18,22). The molecule has 1 amide bonds. The van der Waals surface area contributed by atoms with Crippen molar-refractivity contribution >= 4 is 17.1 Å². The maximum atomic E-state index is 12.4. The minimum atomic E-state index is -0.709. The second-order valence-electron chi connectivity index (χ2n) is 6.73. The lowest BCUT2D eigenvalue weighted by atomic mass is 9.80. The van der Waals surface area contributed by atoms with E-state index in [1.807, 2.05) is 18.3 Å². The van der Waals surface area contributed by atoms with Crippen LogP contribution in [0.15, 0.2) is 24.5 Å². The Kier molecular flexibility index (Phi) is 3.49. The van der Waals surface area contributed by atoms with E-state index < -0.39 is 5.60 Å². The molecule has 1 saturated heterocycles. The maximum Gasteiger partial charge on any atom is 0.255 e. The van der Waals surface area contributed by atoms with Crippen LogP contribution in [0.2, 0.25) is 0 Å². The normalized spacial score (nSPS) is 19.8. The summed E-state index contributed by atoms with van der Waals surface area (Å²) in [6, 6.07) is 4.08. The van der Waals surface area contributed by atoms with E-state index >= 15 is 0 Å². The molecule has 0 bridgehead atoms. The van der Waals surface area contributed by atoms with Gasteiger partial charge >= 0.3 is 0 Å². The highest BCUT2D eigenvalue weighted by Gasteiger charge is 2.34. The highest BCUT2D eigenvalue weighted by atomic mass is 16.3. The molecule has 6 heteroatoms. The van der Waals surface area contributed by atoms with E-state index in [2.05, 4.69) is 15.3 Å². The molecule has 3 heterocycles. The Morgan fingerprint density at radius 2 is 2.09 bits per heavy atom. The van der Waals surface area contributed by atoms with Gasteiger partial charge in [0.05, 0.1) is 22.9 Å². The number of carbonyl (C=O) groups excluding carboxylic acids is 1. The summed E-state index contributed by atoms with van der Waals surface area (Å²) in [7, 11) is 0. The monoisotopic (exact) mass is 314 g/mol. The predicted octanol–water partition coefficient (Wildman–Crippen LogP) is 1.58. The second kappa shape index (κ2) is 5.53. The van der Waals surface area contributed by atoms with Crippen LogP contribution in [0.1, 0.15) is 42.5 Å². The third-order valence-electron chi connectivity index (χ3n) is 5.08. The number of nitrogens with one attached hydrogen (secondary N) is 1. The molecule has 2 aliphatic rings. The van der Waals surface area contributed by atoms with Crippen molar-refractivity contribution < 1.29 is 9.90 Å². The molecule has 23 heavy (non-hydrogen) atoms. The smallest absolute Gasteiger partial charge is 0.255 e. The van der Waals surface area contributed by atoms with Gasteiger partial charge in [-0.3, -0.25) is 4.79 Å². The SMILES string of the molecule is O=C(NCC1(O)CCC1)c1cnn2ccc(N3CCCC3)cc12. The number of nitrogens with zero attached hydrogens (tertiary/aromatic N) is 3. The van der Waals surface area contributed by atoms with Gasteiger partial charge in [0.1, 0.15) is 0 Å². The first-order chi connectivity index (χ1) is 11.1. The van der Waals surface area contributed by atoms with E-state index in [0.717, 1.165) is 43.6 Å². The molecule has 2 fully saturated rings. The lowest BCUT2D eigenvalue weighted by Gasteiger charge is -2.36. The van der Waals surface area contributed by atoms with Crippen LogP contribution in [0.25, 0.3) is 5.52 Å². The van der Waals surface area contributed by atoms with Crippen molar-refractivity contribution in [3.05, 3.63) is 30.1 Å². The van der Waals surface area contributed by atoms with Crippen LogP contribution in [0.4, 0.5) is 5.69 Å². The van der Waals surface area contributed by atoms with Gasteiger partial charge in [-0.1, -0.05) is 0 Å². The van der Waals surface area contributed by atoms with Gasteiger partial charge in [-0.15, -0.1) is 0 Å². The molecule has 4 rings (SSSR count). The van der Waals surface area contributed by atoms with Gasteiger partial charge in [-0.05, 0) is 44.2 Å². The zero-order valence-electron chi connectivity index (χ0n) is 13.2. The summed E-state index contributed by atoms with van der Waals surface area (Å²) in [5.41, 5.74) is 1.81. The number of aliphatic hydroxyl groups is 1. The van der Waals surface area contributed by atoms with Crippen molar-refractivity contribution in [2.24, 2.45) is 0 Å². The van der Waals surface area contributed by atoms with Crippen molar-refractivity contribution in [2.75, 3.05) is 24.5 Å². The fourth-order valence-electron chi connectivity index (χ4n) is 3.42. The Balaban J connectivity index is 1.56. The van der Waals surface area contributed by atoms with E-state index in [9.17, 15) is 9.90 Å². The van der Waals surface area contributed by atoms with Crippen LogP contribution in [0.3, 0.4) is 0 Å². The second-order valence-corrected chi connectivity index (χ2v) is 6.73. The zero-order valence-corrected chi connectivity index (χ0v) is 13.2. The van der Waals surface area contributed by atoms with Crippen LogP contribution in [0, 0.1) is 0 Å². The molecular formula is C17H22N4O2. The molecule has 1 aliphatic carbocycles. The van der Waals surface area contributed by atoms with Gasteiger partial charge in [-0.25, -0.2) is 4.52 Å². The van der Waals surface area contributed by atoms with Gasteiger partial charge in [0.2, 0.25) is 0 Å². The summed E-state index contributed by atoms with van der Waals surface area (Å²) in [6.07, 6.45) is 8.50. The number of fused-ring (bicyclic) bond motifs is 1. The molecule has 2 aromatic rings. The van der Waals surface area contributed by atoms with E-state index in [1.165, 1.54) is 12.8 Å². The number of pyridine rings is 1. The molecule has 0 aromatic carbocycles. The quantitative estimate of drug-likeness (QED) is 0.899. The Morgan fingerprint density at radius 3 is 2.78 bits per heavy atom. The minimum Gasteiger partial charge on any atom is -0.388 e. The maximum absolute atomic E-state index is 12.4. The Hall–Kier alpha value is -2.08. The average molecular weight is 314 g/mol. The molecule has 0 unspecified atom stereocenters. The van der Waals surface area contributed by atoms with Crippen molar-refractivity contribution in [1.82, 2.24) is 14.9 Å². The van der Waals surface area contributed by atoms with Gasteiger partial charge in [0.15, 0.2) is 0 Å². The van der Waals surface area contributed by atoms with E-state index in [-0.39, 0.29) is 5.91 Å². The molecule has 0 radical (unpaired) electrons. The third-order valence-corrected chi connectivity index (χ3v) is 5.08. The molecule has 1 aliphatic heterocycles. The number of rotatable bonds is 4. The van der Waals surface area contributed by atoms with Gasteiger partial charge in [0.25, 0.3) is 5.91 Å². The molecule has 6 nitrogen and oxygen atoms in total. The van der Waals surface area contributed by atoms with Crippen LogP contribution in [-0.4, -0.2) is 45.9 Å². The first-order valence-corrected chi connectivity index (χ1v) is 8.38. The van der Waals surface area contributed by atoms with Crippen molar-refractivity contribution in [1.29, 1.82) is 0 Å². The first kappa shape index (κ1) is 14.5. The summed E-state index contributed by atoms with van der Waals surface area (Å²) in [5, 5.41) is 17.2. The van der Waals surface area contributed by atoms with Gasteiger partial charge in [0, 0.05) is 31.5 Å². The number of hydrogen-bond donors (Lipinski definition) is 2. The fraction of sp³-hybridized carbons (Fsp3) is 0.529. The van der Waals surface area contributed by atoms with Gasteiger partial charge in [-0.2, -0.15) is 5.10 Å². The Bertz CT molecular complexity index is 729. The summed E-state index contributed by atoms with van der Waals surface area (Å²) < 4.78 is 1.73. The summed E-state index contributed by atoms with van der Waals surface area (Å²) in [6.45, 7) is 2.45. The number of carbonyl (C=O) groups is 1. The van der Waals surface area contributed by atoms with E-state index in [4.69, 9.17) is 0 Å². The molecule has 2 N–H and O–H groups in total. The van der Waals surface area contributed by atoms with Crippen molar-refractivity contribution in [3.8, 4) is 0 Å². The Labute approximate surface area is 135 Å². The average Bonchev–Trinajstić information content (AvgIpc) is 3.19. The van der Waals surface area contributed by atoms with E-state index in [1.54, 1.807) is 10.7 Å². The number of anilines is 1. The summed E-state index contributed by atoms with van der Waals surface area (Å²) in [5.74, 6) is -0.168. The summed E-state index contributed by atoms with van der Waals surface area (Å²) in [4.78, 5) is 14.8. The van der Waals surface area contributed by atoms with Crippen LogP contribution < -0.4 is 10.2 Å². The summed E-state index contributed by atoms with van der Waals surface area (Å²) >= 11 is 0. The molecular weight excluding hydrogens is 292 g/mol. The molecule has 1 saturated carbocycles. The van der Waals surface area contributed by atoms with Crippen molar-refractivity contribution in [3.63, 3.8) is 0 Å². The lowest BCUT2D eigenvalue weighted by molar-refractivity contribution is -0.0300. The lowest BCUT2D eigenvalue weighted by Crippen LogP contribution is -2.47. The largest absolute Gasteiger partial charge is 0.388 e. The number of hydrogen-bond acceptors (Lipinski definition) is 4. The van der Waals surface area contributed by atoms with Crippen LogP contribution in [-0.2, 0) is 0 Å². The highest BCUT2D eigenvalue weighted by molar-refractivity contribution is 6.01. The molecule has 122 valence electrons. The Morgan fingerprint density at radius 1 is 1.30 bits per heavy atom. The minimum absolute atomic E-state index is 0.168. The topological polar surface area (TPSA) is 69.9 Å². The number of amides is 1. The highest BCUT2D eigenvalue weighted by Crippen LogP contribution is 2.30. The van der Waals surface area contributed by atoms with Crippen molar-refractivity contribution in [2.45, 2.75) is 37.7 Å². The number of aromatic nitrogens is 2. The molecule has 2 aromatic heterocycles. The first-order valence-electron chi connectivity index (χ1n) is 8.38.